The van der Waals surface area contributed by atoms with E-state index in [-0.39, 0.29) is 5.41 Å². The normalized spacial score (nSPS) is 16.8. The molecule has 8 aromatic carbocycles. The van der Waals surface area contributed by atoms with Gasteiger partial charge < -0.3 is 4.90 Å². The molecule has 1 heteroatoms. The third-order valence-electron chi connectivity index (χ3n) is 12.3. The smallest absolute Gasteiger partial charge is 0.0543 e. The summed E-state index contributed by atoms with van der Waals surface area (Å²) in [6.07, 6.45) is 6.53. The van der Waals surface area contributed by atoms with Crippen LogP contribution in [-0.2, 0) is 5.41 Å². The van der Waals surface area contributed by atoms with Crippen LogP contribution in [0.4, 0.5) is 17.1 Å². The van der Waals surface area contributed by atoms with Crippen molar-refractivity contribution in [2.24, 2.45) is 0 Å². The Labute approximate surface area is 313 Å². The fourth-order valence-corrected chi connectivity index (χ4v) is 9.83. The summed E-state index contributed by atoms with van der Waals surface area (Å²) in [7, 11) is 0. The number of rotatable bonds is 6. The Balaban J connectivity index is 1.28. The first-order valence-corrected chi connectivity index (χ1v) is 19.4. The van der Waals surface area contributed by atoms with Gasteiger partial charge in [-0.05, 0) is 93.4 Å². The van der Waals surface area contributed by atoms with Crippen molar-refractivity contribution in [2.45, 2.75) is 50.4 Å². The number of para-hydroxylation sites is 1. The maximum absolute atomic E-state index is 2.58. The molecule has 1 nitrogen and oxygen atoms in total. The van der Waals surface area contributed by atoms with Crippen molar-refractivity contribution < 1.29 is 0 Å². The molecule has 1 saturated carbocycles. The van der Waals surface area contributed by atoms with Gasteiger partial charge in [-0.2, -0.15) is 0 Å². The van der Waals surface area contributed by atoms with E-state index in [2.05, 4.69) is 188 Å². The summed E-state index contributed by atoms with van der Waals surface area (Å²) >= 11 is 0. The summed E-state index contributed by atoms with van der Waals surface area (Å²) < 4.78 is 0. The number of benzene rings is 8. The largest absolute Gasteiger partial charge is 0.309 e. The van der Waals surface area contributed by atoms with Crippen LogP contribution in [0.2, 0.25) is 0 Å². The third kappa shape index (κ3) is 5.06. The average Bonchev–Trinajstić information content (AvgIpc) is 3.50. The molecule has 0 heterocycles. The van der Waals surface area contributed by atoms with Crippen LogP contribution < -0.4 is 4.90 Å². The zero-order valence-electron chi connectivity index (χ0n) is 30.3. The Morgan fingerprint density at radius 3 is 1.91 bits per heavy atom. The lowest BCUT2D eigenvalue weighted by atomic mass is 9.74. The molecule has 53 heavy (non-hydrogen) atoms. The number of fused-ring (bicyclic) bond motifs is 5. The van der Waals surface area contributed by atoms with Gasteiger partial charge in [0.2, 0.25) is 0 Å². The Bertz CT molecular complexity index is 2620. The van der Waals surface area contributed by atoms with Crippen molar-refractivity contribution in [1.29, 1.82) is 0 Å². The molecule has 256 valence electrons. The van der Waals surface area contributed by atoms with Gasteiger partial charge in [0, 0.05) is 21.9 Å². The lowest BCUT2D eigenvalue weighted by Gasteiger charge is -2.32. The molecule has 0 aromatic heterocycles. The maximum Gasteiger partial charge on any atom is 0.0543 e. The molecule has 0 spiro atoms. The van der Waals surface area contributed by atoms with Crippen molar-refractivity contribution in [1.82, 2.24) is 0 Å². The van der Waals surface area contributed by atoms with Crippen LogP contribution in [0.1, 0.15) is 67.2 Å². The molecule has 0 aliphatic heterocycles. The van der Waals surface area contributed by atoms with Crippen LogP contribution in [0.3, 0.4) is 0 Å². The Hall–Kier alpha value is -5.92. The van der Waals surface area contributed by atoms with Crippen molar-refractivity contribution in [3.63, 3.8) is 0 Å². The lowest BCUT2D eigenvalue weighted by Crippen LogP contribution is -2.22. The van der Waals surface area contributed by atoms with Crippen LogP contribution in [0, 0.1) is 0 Å². The van der Waals surface area contributed by atoms with Gasteiger partial charge in [0.25, 0.3) is 0 Å². The van der Waals surface area contributed by atoms with Gasteiger partial charge in [0.1, 0.15) is 0 Å². The van der Waals surface area contributed by atoms with Crippen molar-refractivity contribution in [3.8, 4) is 22.3 Å². The van der Waals surface area contributed by atoms with Gasteiger partial charge in [-0.15, -0.1) is 0 Å². The molecular weight excluding hydrogens is 639 g/mol. The number of nitrogens with zero attached hydrogens (tertiary/aromatic N) is 1. The highest BCUT2D eigenvalue weighted by atomic mass is 15.1. The topological polar surface area (TPSA) is 3.24 Å². The summed E-state index contributed by atoms with van der Waals surface area (Å²) in [5, 5.41) is 5.21. The Morgan fingerprint density at radius 2 is 1.04 bits per heavy atom. The first kappa shape index (κ1) is 31.8. The zero-order valence-corrected chi connectivity index (χ0v) is 30.3. The monoisotopic (exact) mass is 681 g/mol. The van der Waals surface area contributed by atoms with Crippen molar-refractivity contribution in [2.75, 3.05) is 4.90 Å². The third-order valence-corrected chi connectivity index (χ3v) is 12.3. The van der Waals surface area contributed by atoms with E-state index < -0.39 is 0 Å². The van der Waals surface area contributed by atoms with Gasteiger partial charge >= 0.3 is 0 Å². The second-order valence-electron chi connectivity index (χ2n) is 15.2. The molecule has 0 N–H and O–H groups in total. The predicted octanol–water partition coefficient (Wildman–Crippen LogP) is 14.5. The first-order chi connectivity index (χ1) is 26.2. The second kappa shape index (κ2) is 12.9. The van der Waals surface area contributed by atoms with E-state index in [1.54, 1.807) is 0 Å². The van der Waals surface area contributed by atoms with Crippen molar-refractivity contribution in [3.05, 3.63) is 198 Å². The van der Waals surface area contributed by atoms with Gasteiger partial charge in [-0.25, -0.2) is 0 Å². The van der Waals surface area contributed by atoms with Crippen LogP contribution in [0.15, 0.2) is 176 Å². The summed E-state index contributed by atoms with van der Waals surface area (Å²) in [5.74, 6) is 0.597. The quantitative estimate of drug-likeness (QED) is 0.169. The summed E-state index contributed by atoms with van der Waals surface area (Å²) in [6.45, 7) is 2.41. The van der Waals surface area contributed by atoms with Crippen LogP contribution in [-0.4, -0.2) is 0 Å². The summed E-state index contributed by atoms with van der Waals surface area (Å²) in [6, 6.07) is 65.8. The van der Waals surface area contributed by atoms with E-state index in [0.29, 0.717) is 5.92 Å². The Kier molecular flexibility index (Phi) is 7.76. The highest BCUT2D eigenvalue weighted by Gasteiger charge is 2.42. The fraction of sp³-hybridized carbons (Fsp3) is 0.154. The number of anilines is 3. The molecule has 0 bridgehead atoms. The minimum Gasteiger partial charge on any atom is -0.309 e. The standard InChI is InChI=1S/C52H43N/c1-52(39-24-6-3-7-25-39)45-31-12-10-28-44(45)51-46(52)32-17-35-49(51)53(47-34-16-21-36-20-8-9-26-40(36)47)48-33-13-11-27-42(48)43-30-15-23-38-22-14-29-41(50(38)43)37-18-4-2-5-19-37/h3,6-17,20-35,37H,2,4-5,18-19H2,1H3. The number of hydrogen-bond acceptors (Lipinski definition) is 1. The molecule has 0 saturated heterocycles. The zero-order chi connectivity index (χ0) is 35.4. The average molecular weight is 682 g/mol. The number of hydrogen-bond donors (Lipinski definition) is 0. The molecular formula is C52H43N. The van der Waals surface area contributed by atoms with Gasteiger partial charge in [0.15, 0.2) is 0 Å². The molecule has 2 aliphatic carbocycles. The Morgan fingerprint density at radius 1 is 0.453 bits per heavy atom. The van der Waals surface area contributed by atoms with Crippen LogP contribution >= 0.6 is 0 Å². The minimum atomic E-state index is -0.294. The van der Waals surface area contributed by atoms with E-state index in [1.165, 1.54) is 115 Å². The van der Waals surface area contributed by atoms with Crippen LogP contribution in [0.5, 0.6) is 0 Å². The summed E-state index contributed by atoms with van der Waals surface area (Å²) in [5.41, 5.74) is 14.0. The fourth-order valence-electron chi connectivity index (χ4n) is 9.83. The summed E-state index contributed by atoms with van der Waals surface area (Å²) in [4.78, 5) is 2.58. The van der Waals surface area contributed by atoms with Crippen molar-refractivity contribution >= 4 is 38.6 Å². The first-order valence-electron chi connectivity index (χ1n) is 19.4. The lowest BCUT2D eigenvalue weighted by molar-refractivity contribution is 0.445. The molecule has 1 atom stereocenters. The van der Waals surface area contributed by atoms with E-state index in [1.807, 2.05) is 0 Å². The highest BCUT2D eigenvalue weighted by molar-refractivity contribution is 6.08. The van der Waals surface area contributed by atoms with Gasteiger partial charge in [-0.3, -0.25) is 0 Å². The minimum absolute atomic E-state index is 0.294. The highest BCUT2D eigenvalue weighted by Crippen LogP contribution is 2.58. The maximum atomic E-state index is 2.58. The second-order valence-corrected chi connectivity index (χ2v) is 15.2. The predicted molar refractivity (Wildman–Crippen MR) is 225 cm³/mol. The molecule has 10 rings (SSSR count). The van der Waals surface area contributed by atoms with E-state index in [9.17, 15) is 0 Å². The molecule has 0 amide bonds. The van der Waals surface area contributed by atoms with Gasteiger partial charge in [0.05, 0.1) is 17.1 Å². The molecule has 1 unspecified atom stereocenters. The molecule has 1 fully saturated rings. The van der Waals surface area contributed by atoms with Crippen LogP contribution in [0.25, 0.3) is 43.8 Å². The molecule has 2 aliphatic rings. The van der Waals surface area contributed by atoms with E-state index >= 15 is 0 Å². The van der Waals surface area contributed by atoms with E-state index in [4.69, 9.17) is 0 Å². The molecule has 0 radical (unpaired) electrons. The van der Waals surface area contributed by atoms with Gasteiger partial charge in [-0.1, -0.05) is 177 Å². The SMILES string of the molecule is CC1(c2ccccc2)c2ccccc2-c2c(N(c3ccccc3-c3cccc4cccc(C5CCCCC5)c34)c3cccc4ccccc34)cccc21. The van der Waals surface area contributed by atoms with E-state index in [0.717, 1.165) is 0 Å². The molecule has 8 aromatic rings.